The molecule has 16 heavy (non-hydrogen) atoms. The highest BCUT2D eigenvalue weighted by Gasteiger charge is 2.07. The molecule has 0 saturated carbocycles. The molecule has 0 amide bonds. The molecule has 0 radical (unpaired) electrons. The molecule has 90 valence electrons. The van der Waals surface area contributed by atoms with Gasteiger partial charge in [0.1, 0.15) is 5.82 Å². The lowest BCUT2D eigenvalue weighted by atomic mass is 10.1. The molecule has 0 bridgehead atoms. The molecule has 0 aliphatic rings. The normalized spacial score (nSPS) is 12.6. The van der Waals surface area contributed by atoms with Gasteiger partial charge in [-0.05, 0) is 32.3 Å². The summed E-state index contributed by atoms with van der Waals surface area (Å²) >= 11 is 0. The van der Waals surface area contributed by atoms with Crippen molar-refractivity contribution in [1.29, 1.82) is 0 Å². The van der Waals surface area contributed by atoms with Crippen molar-refractivity contribution >= 4 is 5.82 Å². The van der Waals surface area contributed by atoms with E-state index in [1.165, 1.54) is 0 Å². The monoisotopic (exact) mass is 222 g/mol. The molecule has 0 saturated heterocycles. The zero-order chi connectivity index (χ0) is 12.0. The molecule has 0 aliphatic carbocycles. The van der Waals surface area contributed by atoms with Gasteiger partial charge in [0.05, 0.1) is 6.10 Å². The maximum atomic E-state index is 5.76. The first-order valence-corrected chi connectivity index (χ1v) is 5.99. The molecular weight excluding hydrogens is 200 g/mol. The van der Waals surface area contributed by atoms with Gasteiger partial charge in [0, 0.05) is 12.6 Å². The van der Waals surface area contributed by atoms with Gasteiger partial charge in [0.2, 0.25) is 5.88 Å². The summed E-state index contributed by atoms with van der Waals surface area (Å²) in [5, 5.41) is 3.17. The van der Waals surface area contributed by atoms with Crippen molar-refractivity contribution in [1.82, 2.24) is 4.98 Å². The van der Waals surface area contributed by atoms with Crippen LogP contribution in [0, 0.1) is 5.92 Å². The number of aromatic nitrogens is 1. The van der Waals surface area contributed by atoms with Gasteiger partial charge in [-0.15, -0.1) is 0 Å². The van der Waals surface area contributed by atoms with Crippen LogP contribution >= 0.6 is 0 Å². The Hall–Kier alpha value is -1.25. The number of nitrogens with one attached hydrogen (secondary N) is 1. The first-order valence-electron chi connectivity index (χ1n) is 5.99. The van der Waals surface area contributed by atoms with E-state index < -0.39 is 0 Å². The fourth-order valence-electron chi connectivity index (χ4n) is 1.68. The van der Waals surface area contributed by atoms with Gasteiger partial charge >= 0.3 is 0 Å². The summed E-state index contributed by atoms with van der Waals surface area (Å²) in [7, 11) is 0. The second kappa shape index (κ2) is 6.36. The highest BCUT2D eigenvalue weighted by molar-refractivity contribution is 5.36. The molecule has 1 rings (SSSR count). The van der Waals surface area contributed by atoms with E-state index in [4.69, 9.17) is 4.74 Å². The summed E-state index contributed by atoms with van der Waals surface area (Å²) in [5.74, 6) is 2.22. The van der Waals surface area contributed by atoms with E-state index in [1.54, 1.807) is 0 Å². The fourth-order valence-corrected chi connectivity index (χ4v) is 1.68. The van der Waals surface area contributed by atoms with E-state index in [1.807, 2.05) is 18.2 Å². The van der Waals surface area contributed by atoms with Gasteiger partial charge in [-0.25, -0.2) is 0 Å². The predicted molar refractivity (Wildman–Crippen MR) is 67.9 cm³/mol. The smallest absolute Gasteiger partial charge is 0.215 e. The molecule has 1 N–H and O–H groups in total. The lowest BCUT2D eigenvalue weighted by Gasteiger charge is -2.16. The minimum Gasteiger partial charge on any atom is -0.475 e. The lowest BCUT2D eigenvalue weighted by molar-refractivity contribution is 0.186. The number of anilines is 1. The Morgan fingerprint density at radius 1 is 1.31 bits per heavy atom. The van der Waals surface area contributed by atoms with E-state index in [0.717, 1.165) is 18.8 Å². The Bertz CT molecular complexity index is 313. The van der Waals surface area contributed by atoms with Crippen molar-refractivity contribution in [2.24, 2.45) is 5.92 Å². The van der Waals surface area contributed by atoms with E-state index in [9.17, 15) is 0 Å². The third-order valence-electron chi connectivity index (χ3n) is 2.21. The Morgan fingerprint density at radius 3 is 2.69 bits per heavy atom. The average molecular weight is 222 g/mol. The molecule has 1 heterocycles. The second-order valence-electron chi connectivity index (χ2n) is 4.45. The largest absolute Gasteiger partial charge is 0.475 e. The fraction of sp³-hybridized carbons (Fsp3) is 0.615. The molecule has 1 unspecified atom stereocenters. The van der Waals surface area contributed by atoms with Crippen LogP contribution in [0.2, 0.25) is 0 Å². The minimum atomic E-state index is 0.212. The summed E-state index contributed by atoms with van der Waals surface area (Å²) in [5.41, 5.74) is 0. The van der Waals surface area contributed by atoms with E-state index in [2.05, 4.69) is 38.0 Å². The third-order valence-corrected chi connectivity index (χ3v) is 2.21. The number of ether oxygens (including phenoxy) is 1. The van der Waals surface area contributed by atoms with E-state index in [0.29, 0.717) is 11.8 Å². The molecule has 1 aromatic rings. The predicted octanol–water partition coefficient (Wildman–Crippen LogP) is 3.33. The molecule has 3 nitrogen and oxygen atoms in total. The molecule has 0 fully saturated rings. The number of pyridine rings is 1. The number of hydrogen-bond donors (Lipinski definition) is 1. The lowest BCUT2D eigenvalue weighted by Crippen LogP contribution is -2.15. The topological polar surface area (TPSA) is 34.1 Å². The van der Waals surface area contributed by atoms with Crippen molar-refractivity contribution < 1.29 is 4.74 Å². The Labute approximate surface area is 98.2 Å². The highest BCUT2D eigenvalue weighted by Crippen LogP contribution is 2.15. The van der Waals surface area contributed by atoms with Gasteiger partial charge in [-0.2, -0.15) is 4.98 Å². The zero-order valence-corrected chi connectivity index (χ0v) is 10.7. The molecular formula is C13H22N2O. The summed E-state index contributed by atoms with van der Waals surface area (Å²) in [6, 6.07) is 5.81. The van der Waals surface area contributed by atoms with Gasteiger partial charge in [0.15, 0.2) is 0 Å². The van der Waals surface area contributed by atoms with Gasteiger partial charge in [0.25, 0.3) is 0 Å². The van der Waals surface area contributed by atoms with Crippen molar-refractivity contribution in [2.45, 2.75) is 40.2 Å². The maximum absolute atomic E-state index is 5.76. The van der Waals surface area contributed by atoms with Crippen molar-refractivity contribution in [3.63, 3.8) is 0 Å². The quantitative estimate of drug-likeness (QED) is 0.801. The molecule has 1 atom stereocenters. The molecule has 0 aliphatic heterocycles. The summed E-state index contributed by atoms with van der Waals surface area (Å²) in [6.45, 7) is 9.40. The standard InChI is InChI=1S/C13H22N2O/c1-5-14-12-7-6-8-13(15-12)16-11(4)9-10(2)3/h6-8,10-11H,5,9H2,1-4H3,(H,14,15). The maximum Gasteiger partial charge on any atom is 0.215 e. The third kappa shape index (κ3) is 4.51. The molecule has 1 aromatic heterocycles. The highest BCUT2D eigenvalue weighted by atomic mass is 16.5. The first-order chi connectivity index (χ1) is 7.61. The molecule has 0 aromatic carbocycles. The van der Waals surface area contributed by atoms with Crippen LogP contribution in [0.5, 0.6) is 5.88 Å². The summed E-state index contributed by atoms with van der Waals surface area (Å²) in [6.07, 6.45) is 1.26. The van der Waals surface area contributed by atoms with Crippen LogP contribution in [0.25, 0.3) is 0 Å². The summed E-state index contributed by atoms with van der Waals surface area (Å²) in [4.78, 5) is 4.38. The van der Waals surface area contributed by atoms with E-state index >= 15 is 0 Å². The van der Waals surface area contributed by atoms with Crippen molar-refractivity contribution in [3.05, 3.63) is 18.2 Å². The zero-order valence-electron chi connectivity index (χ0n) is 10.7. The minimum absolute atomic E-state index is 0.212. The second-order valence-corrected chi connectivity index (χ2v) is 4.45. The van der Waals surface area contributed by atoms with Crippen molar-refractivity contribution in [2.75, 3.05) is 11.9 Å². The van der Waals surface area contributed by atoms with Crippen LogP contribution < -0.4 is 10.1 Å². The van der Waals surface area contributed by atoms with Crippen LogP contribution in [-0.4, -0.2) is 17.6 Å². The van der Waals surface area contributed by atoms with Crippen molar-refractivity contribution in [3.8, 4) is 5.88 Å². The number of hydrogen-bond acceptors (Lipinski definition) is 3. The van der Waals surface area contributed by atoms with Gasteiger partial charge < -0.3 is 10.1 Å². The van der Waals surface area contributed by atoms with Crippen LogP contribution in [0.3, 0.4) is 0 Å². The Kier molecular flexibility index (Phi) is 5.09. The number of rotatable bonds is 6. The van der Waals surface area contributed by atoms with Crippen LogP contribution in [0.4, 0.5) is 5.82 Å². The Balaban J connectivity index is 2.55. The molecule has 3 heteroatoms. The SMILES string of the molecule is CCNc1cccc(OC(C)CC(C)C)n1. The summed E-state index contributed by atoms with van der Waals surface area (Å²) < 4.78 is 5.76. The average Bonchev–Trinajstić information content (AvgIpc) is 2.17. The number of nitrogens with zero attached hydrogens (tertiary/aromatic N) is 1. The molecule has 0 spiro atoms. The van der Waals surface area contributed by atoms with Gasteiger partial charge in [-0.1, -0.05) is 19.9 Å². The van der Waals surface area contributed by atoms with Crippen LogP contribution in [0.1, 0.15) is 34.1 Å². The van der Waals surface area contributed by atoms with Crippen LogP contribution in [-0.2, 0) is 0 Å². The first kappa shape index (κ1) is 12.8. The Morgan fingerprint density at radius 2 is 2.06 bits per heavy atom. The van der Waals surface area contributed by atoms with Crippen LogP contribution in [0.15, 0.2) is 18.2 Å². The van der Waals surface area contributed by atoms with E-state index in [-0.39, 0.29) is 6.10 Å². The van der Waals surface area contributed by atoms with Gasteiger partial charge in [-0.3, -0.25) is 0 Å².